The summed E-state index contributed by atoms with van der Waals surface area (Å²) in [7, 11) is 1.66. The Morgan fingerprint density at radius 3 is 2.96 bits per heavy atom. The molecule has 2 aromatic heterocycles. The number of thiazole rings is 1. The van der Waals surface area contributed by atoms with Crippen molar-refractivity contribution < 1.29 is 13.9 Å². The molecule has 0 spiro atoms. The van der Waals surface area contributed by atoms with E-state index in [0.29, 0.717) is 0 Å². The molecule has 4 rings (SSSR count). The fourth-order valence-corrected chi connectivity index (χ4v) is 3.95. The second-order valence-corrected chi connectivity index (χ2v) is 6.75. The van der Waals surface area contributed by atoms with Crippen LogP contribution >= 0.6 is 11.3 Å². The van der Waals surface area contributed by atoms with E-state index in [-0.39, 0.29) is 6.10 Å². The van der Waals surface area contributed by atoms with Crippen molar-refractivity contribution in [1.82, 2.24) is 4.57 Å². The Kier molecular flexibility index (Phi) is 4.72. The molecule has 0 N–H and O–H groups in total. The van der Waals surface area contributed by atoms with Crippen molar-refractivity contribution in [3.63, 3.8) is 0 Å². The van der Waals surface area contributed by atoms with Crippen LogP contribution in [-0.2, 0) is 11.3 Å². The van der Waals surface area contributed by atoms with Gasteiger partial charge >= 0.3 is 0 Å². The van der Waals surface area contributed by atoms with Gasteiger partial charge in [-0.05, 0) is 37.1 Å². The molecule has 3 heterocycles. The molecule has 1 saturated heterocycles. The number of hydrogen-bond acceptors (Lipinski definition) is 5. The zero-order valence-electron chi connectivity index (χ0n) is 14.1. The summed E-state index contributed by atoms with van der Waals surface area (Å²) in [4.78, 5) is 5.75. The van der Waals surface area contributed by atoms with E-state index in [1.54, 1.807) is 24.7 Å². The van der Waals surface area contributed by atoms with Gasteiger partial charge in [0.2, 0.25) is 0 Å². The molecule has 0 saturated carbocycles. The molecule has 6 heteroatoms. The van der Waals surface area contributed by atoms with Crippen LogP contribution in [0.25, 0.3) is 11.5 Å². The Balaban J connectivity index is 1.80. The highest BCUT2D eigenvalue weighted by molar-refractivity contribution is 7.07. The van der Waals surface area contributed by atoms with Crippen LogP contribution in [0.3, 0.4) is 0 Å². The van der Waals surface area contributed by atoms with Crippen molar-refractivity contribution in [2.75, 3.05) is 13.7 Å². The van der Waals surface area contributed by atoms with E-state index in [4.69, 9.17) is 18.9 Å². The van der Waals surface area contributed by atoms with Crippen LogP contribution in [0.15, 0.2) is 57.5 Å². The number of nitrogens with zero attached hydrogens (tertiary/aromatic N) is 2. The lowest BCUT2D eigenvalue weighted by atomic mass is 10.2. The summed E-state index contributed by atoms with van der Waals surface area (Å²) >= 11 is 1.60. The lowest BCUT2D eigenvalue weighted by Gasteiger charge is -2.13. The lowest BCUT2D eigenvalue weighted by molar-refractivity contribution is 0.0967. The Morgan fingerprint density at radius 1 is 1.28 bits per heavy atom. The predicted octanol–water partition coefficient (Wildman–Crippen LogP) is 4.23. The van der Waals surface area contributed by atoms with Crippen molar-refractivity contribution >= 4 is 17.0 Å². The molecule has 1 unspecified atom stereocenters. The number of ether oxygens (including phenoxy) is 2. The molecule has 0 bridgehead atoms. The zero-order valence-corrected chi connectivity index (χ0v) is 14.9. The first-order valence-corrected chi connectivity index (χ1v) is 9.24. The van der Waals surface area contributed by atoms with Gasteiger partial charge in [0, 0.05) is 12.0 Å². The van der Waals surface area contributed by atoms with E-state index >= 15 is 0 Å². The van der Waals surface area contributed by atoms with Gasteiger partial charge in [0.25, 0.3) is 0 Å². The van der Waals surface area contributed by atoms with Gasteiger partial charge in [-0.15, -0.1) is 11.3 Å². The average Bonchev–Trinajstić information content (AvgIpc) is 3.39. The van der Waals surface area contributed by atoms with Crippen LogP contribution in [-0.4, -0.2) is 24.4 Å². The number of methoxy groups -OCH3 is 1. The van der Waals surface area contributed by atoms with Gasteiger partial charge in [0.15, 0.2) is 10.6 Å². The Bertz CT molecular complexity index is 890. The third-order valence-electron chi connectivity index (χ3n) is 4.28. The summed E-state index contributed by atoms with van der Waals surface area (Å²) in [5.74, 6) is 1.61. The zero-order chi connectivity index (χ0) is 17.1. The van der Waals surface area contributed by atoms with Gasteiger partial charge < -0.3 is 18.5 Å². The topological polar surface area (TPSA) is 48.9 Å². The van der Waals surface area contributed by atoms with Crippen molar-refractivity contribution in [3.8, 4) is 17.2 Å². The minimum atomic E-state index is 0.222. The molecule has 0 radical (unpaired) electrons. The van der Waals surface area contributed by atoms with Crippen LogP contribution in [0.1, 0.15) is 12.8 Å². The second-order valence-electron chi connectivity index (χ2n) is 5.91. The van der Waals surface area contributed by atoms with Crippen LogP contribution in [0.2, 0.25) is 0 Å². The summed E-state index contributed by atoms with van der Waals surface area (Å²) in [6, 6.07) is 11.7. The Labute approximate surface area is 150 Å². The number of rotatable bonds is 5. The fraction of sp³-hybridized carbons (Fsp3) is 0.316. The number of aromatic nitrogens is 1. The second kappa shape index (κ2) is 7.29. The summed E-state index contributed by atoms with van der Waals surface area (Å²) < 4.78 is 19.1. The summed E-state index contributed by atoms with van der Waals surface area (Å²) in [5, 5.41) is 2.09. The molecule has 1 aliphatic rings. The third kappa shape index (κ3) is 3.41. The maximum atomic E-state index is 5.84. The van der Waals surface area contributed by atoms with Crippen molar-refractivity contribution in [1.29, 1.82) is 0 Å². The number of furan rings is 1. The van der Waals surface area contributed by atoms with Crippen LogP contribution in [0.4, 0.5) is 5.69 Å². The SMILES string of the molecule is COc1ccccc1N=c1scc(-c2ccco2)n1CC1CCCO1. The molecule has 1 atom stereocenters. The van der Waals surface area contributed by atoms with E-state index in [9.17, 15) is 0 Å². The summed E-state index contributed by atoms with van der Waals surface area (Å²) in [6.45, 7) is 1.61. The highest BCUT2D eigenvalue weighted by Crippen LogP contribution is 2.27. The molecule has 1 fully saturated rings. The van der Waals surface area contributed by atoms with E-state index in [1.807, 2.05) is 36.4 Å². The van der Waals surface area contributed by atoms with Gasteiger partial charge in [-0.3, -0.25) is 0 Å². The highest BCUT2D eigenvalue weighted by atomic mass is 32.1. The van der Waals surface area contributed by atoms with Crippen molar-refractivity contribution in [3.05, 3.63) is 52.8 Å². The first kappa shape index (κ1) is 16.2. The highest BCUT2D eigenvalue weighted by Gasteiger charge is 2.20. The molecular weight excluding hydrogens is 336 g/mol. The molecule has 25 heavy (non-hydrogen) atoms. The van der Waals surface area contributed by atoms with Gasteiger partial charge in [-0.25, -0.2) is 4.99 Å². The van der Waals surface area contributed by atoms with Gasteiger partial charge in [0.05, 0.1) is 31.7 Å². The molecular formula is C19H20N2O3S. The molecule has 1 aliphatic heterocycles. The van der Waals surface area contributed by atoms with Crippen molar-refractivity contribution in [2.45, 2.75) is 25.5 Å². The van der Waals surface area contributed by atoms with Gasteiger partial charge in [0.1, 0.15) is 11.4 Å². The first-order chi connectivity index (χ1) is 12.3. The minimum absolute atomic E-state index is 0.222. The molecule has 1 aromatic carbocycles. The van der Waals surface area contributed by atoms with E-state index in [0.717, 1.165) is 53.7 Å². The monoisotopic (exact) mass is 356 g/mol. The number of hydrogen-bond donors (Lipinski definition) is 0. The van der Waals surface area contributed by atoms with Gasteiger partial charge in [-0.1, -0.05) is 12.1 Å². The minimum Gasteiger partial charge on any atom is -0.494 e. The quantitative estimate of drug-likeness (QED) is 0.687. The normalized spacial score (nSPS) is 18.0. The average molecular weight is 356 g/mol. The maximum Gasteiger partial charge on any atom is 0.190 e. The maximum absolute atomic E-state index is 5.84. The summed E-state index contributed by atoms with van der Waals surface area (Å²) in [6.07, 6.45) is 4.11. The standard InChI is InChI=1S/C19H20N2O3S/c1-22-17-8-3-2-7-15(17)20-19-21(12-14-6-4-10-23-14)16(13-25-19)18-9-5-11-24-18/h2-3,5,7-9,11,13-14H,4,6,10,12H2,1H3. The fourth-order valence-electron chi connectivity index (χ4n) is 3.03. The molecule has 130 valence electrons. The Morgan fingerprint density at radius 2 is 2.20 bits per heavy atom. The largest absolute Gasteiger partial charge is 0.494 e. The van der Waals surface area contributed by atoms with Gasteiger partial charge in [-0.2, -0.15) is 0 Å². The molecule has 0 amide bonds. The van der Waals surface area contributed by atoms with E-state index in [1.165, 1.54) is 0 Å². The third-order valence-corrected chi connectivity index (χ3v) is 5.15. The molecule has 3 aromatic rings. The van der Waals surface area contributed by atoms with Crippen LogP contribution < -0.4 is 9.54 Å². The predicted molar refractivity (Wildman–Crippen MR) is 97.2 cm³/mol. The van der Waals surface area contributed by atoms with E-state index < -0.39 is 0 Å². The van der Waals surface area contributed by atoms with Crippen LogP contribution in [0.5, 0.6) is 5.75 Å². The molecule has 5 nitrogen and oxygen atoms in total. The van der Waals surface area contributed by atoms with Crippen LogP contribution in [0, 0.1) is 0 Å². The Hall–Kier alpha value is -2.31. The smallest absolute Gasteiger partial charge is 0.190 e. The first-order valence-electron chi connectivity index (χ1n) is 8.36. The van der Waals surface area contributed by atoms with E-state index in [2.05, 4.69) is 9.95 Å². The number of benzene rings is 1. The summed E-state index contributed by atoms with van der Waals surface area (Å²) in [5.41, 5.74) is 1.85. The van der Waals surface area contributed by atoms with Crippen molar-refractivity contribution in [2.24, 2.45) is 4.99 Å². The lowest BCUT2D eigenvalue weighted by Crippen LogP contribution is -2.23. The molecule has 0 aliphatic carbocycles. The number of para-hydroxylation sites is 2.